The number of oxime groups is 1. The molecule has 2 rings (SSSR count). The minimum Gasteiger partial charge on any atom is -0.411 e. The molecule has 1 atom stereocenters. The molecule has 0 aromatic heterocycles. The predicted molar refractivity (Wildman–Crippen MR) is 74.4 cm³/mol. The Hall–Kier alpha value is -1.35. The first-order valence-electron chi connectivity index (χ1n) is 6.87. The van der Waals surface area contributed by atoms with Crippen molar-refractivity contribution in [1.82, 2.24) is 5.32 Å². The van der Waals surface area contributed by atoms with Gasteiger partial charge in [-0.3, -0.25) is 0 Å². The smallest absolute Gasteiger partial charge is 0.0883 e. The first-order chi connectivity index (χ1) is 8.83. The van der Waals surface area contributed by atoms with Gasteiger partial charge in [0.15, 0.2) is 0 Å². The minimum atomic E-state index is 0.454. The van der Waals surface area contributed by atoms with E-state index in [4.69, 9.17) is 0 Å². The van der Waals surface area contributed by atoms with Gasteiger partial charge in [0.1, 0.15) is 0 Å². The topological polar surface area (TPSA) is 44.6 Å². The van der Waals surface area contributed by atoms with Crippen LogP contribution in [-0.4, -0.2) is 23.5 Å². The summed E-state index contributed by atoms with van der Waals surface area (Å²) in [6, 6.07) is 8.77. The molecule has 1 aromatic rings. The van der Waals surface area contributed by atoms with Crippen molar-refractivity contribution in [2.24, 2.45) is 5.16 Å². The van der Waals surface area contributed by atoms with Crippen molar-refractivity contribution >= 4 is 5.71 Å². The molecule has 3 nitrogen and oxygen atoms in total. The molecule has 0 spiro atoms. The van der Waals surface area contributed by atoms with Gasteiger partial charge >= 0.3 is 0 Å². The van der Waals surface area contributed by atoms with Crippen LogP contribution in [0, 0.1) is 0 Å². The first-order valence-corrected chi connectivity index (χ1v) is 6.87. The lowest BCUT2D eigenvalue weighted by Gasteiger charge is -2.23. The average molecular weight is 246 g/mol. The molecule has 1 fully saturated rings. The van der Waals surface area contributed by atoms with Gasteiger partial charge in [-0.25, -0.2) is 0 Å². The van der Waals surface area contributed by atoms with Crippen molar-refractivity contribution < 1.29 is 5.21 Å². The second-order valence-corrected chi connectivity index (χ2v) is 4.95. The van der Waals surface area contributed by atoms with Crippen LogP contribution in [0.15, 0.2) is 29.4 Å². The zero-order valence-electron chi connectivity index (χ0n) is 11.0. The molecule has 1 unspecified atom stereocenters. The van der Waals surface area contributed by atoms with E-state index in [1.54, 1.807) is 0 Å². The number of rotatable bonds is 4. The number of hydrogen-bond acceptors (Lipinski definition) is 3. The van der Waals surface area contributed by atoms with E-state index in [0.717, 1.165) is 30.7 Å². The minimum absolute atomic E-state index is 0.454. The molecule has 1 aliphatic heterocycles. The third-order valence-electron chi connectivity index (χ3n) is 3.67. The number of benzene rings is 1. The zero-order valence-corrected chi connectivity index (χ0v) is 11.0. The first kappa shape index (κ1) is 13.1. The standard InChI is InChI=1S/C15H22N2O/c1-2-12-6-8-13(9-7-12)15(17-18)11-14-5-3-4-10-16-14/h6-9,14,16,18H,2-5,10-11H2,1H3. The van der Waals surface area contributed by atoms with Crippen LogP contribution in [0.25, 0.3) is 0 Å². The van der Waals surface area contributed by atoms with Gasteiger partial charge in [0.2, 0.25) is 0 Å². The maximum Gasteiger partial charge on any atom is 0.0883 e. The number of piperidine rings is 1. The summed E-state index contributed by atoms with van der Waals surface area (Å²) in [6.07, 6.45) is 5.54. The van der Waals surface area contributed by atoms with Crippen molar-refractivity contribution in [1.29, 1.82) is 0 Å². The van der Waals surface area contributed by atoms with E-state index >= 15 is 0 Å². The van der Waals surface area contributed by atoms with E-state index in [1.807, 2.05) is 0 Å². The maximum absolute atomic E-state index is 9.20. The molecule has 18 heavy (non-hydrogen) atoms. The molecule has 0 aliphatic carbocycles. The normalized spacial score (nSPS) is 20.9. The highest BCUT2D eigenvalue weighted by Gasteiger charge is 2.16. The molecule has 1 aromatic carbocycles. The molecule has 1 aliphatic rings. The molecule has 1 saturated heterocycles. The summed E-state index contributed by atoms with van der Waals surface area (Å²) in [5.74, 6) is 0. The lowest BCUT2D eigenvalue weighted by atomic mass is 9.96. The molecule has 0 amide bonds. The molecule has 98 valence electrons. The molecule has 1 heterocycles. The van der Waals surface area contributed by atoms with E-state index in [-0.39, 0.29) is 0 Å². The summed E-state index contributed by atoms with van der Waals surface area (Å²) in [4.78, 5) is 0. The molecule has 0 bridgehead atoms. The van der Waals surface area contributed by atoms with Gasteiger partial charge in [-0.05, 0) is 36.9 Å². The van der Waals surface area contributed by atoms with Gasteiger partial charge in [-0.1, -0.05) is 42.8 Å². The third-order valence-corrected chi connectivity index (χ3v) is 3.67. The summed E-state index contributed by atoms with van der Waals surface area (Å²) in [6.45, 7) is 3.22. The highest BCUT2D eigenvalue weighted by atomic mass is 16.4. The van der Waals surface area contributed by atoms with Crippen molar-refractivity contribution in [2.45, 2.75) is 45.1 Å². The Morgan fingerprint density at radius 3 is 2.67 bits per heavy atom. The Labute approximate surface area is 109 Å². The molecule has 3 heteroatoms. The monoisotopic (exact) mass is 246 g/mol. The summed E-state index contributed by atoms with van der Waals surface area (Å²) < 4.78 is 0. The van der Waals surface area contributed by atoms with Crippen molar-refractivity contribution in [2.75, 3.05) is 6.54 Å². The lowest BCUT2D eigenvalue weighted by Crippen LogP contribution is -2.35. The second kappa shape index (κ2) is 6.55. The molecular formula is C15H22N2O. The van der Waals surface area contributed by atoms with Crippen molar-refractivity contribution in [3.63, 3.8) is 0 Å². The van der Waals surface area contributed by atoms with Crippen molar-refractivity contribution in [3.8, 4) is 0 Å². The molecule has 0 saturated carbocycles. The lowest BCUT2D eigenvalue weighted by molar-refractivity contribution is 0.315. The van der Waals surface area contributed by atoms with Crippen LogP contribution in [-0.2, 0) is 6.42 Å². The van der Waals surface area contributed by atoms with Crippen LogP contribution in [0.5, 0.6) is 0 Å². The summed E-state index contributed by atoms with van der Waals surface area (Å²) in [5.41, 5.74) is 3.13. The van der Waals surface area contributed by atoms with E-state index in [0.29, 0.717) is 6.04 Å². The number of nitrogens with one attached hydrogen (secondary N) is 1. The van der Waals surface area contributed by atoms with Gasteiger partial charge < -0.3 is 10.5 Å². The maximum atomic E-state index is 9.20. The van der Waals surface area contributed by atoms with Crippen LogP contribution in [0.4, 0.5) is 0 Å². The SMILES string of the molecule is CCc1ccc(C(CC2CCCCN2)=NO)cc1. The van der Waals surface area contributed by atoms with Crippen molar-refractivity contribution in [3.05, 3.63) is 35.4 Å². The van der Waals surface area contributed by atoms with Gasteiger partial charge in [0.05, 0.1) is 5.71 Å². The predicted octanol–water partition coefficient (Wildman–Crippen LogP) is 2.96. The summed E-state index contributed by atoms with van der Waals surface area (Å²) in [5, 5.41) is 16.2. The number of nitrogens with zero attached hydrogens (tertiary/aromatic N) is 1. The number of aryl methyl sites for hydroxylation is 1. The van der Waals surface area contributed by atoms with Crippen LogP contribution in [0.3, 0.4) is 0 Å². The Morgan fingerprint density at radius 1 is 1.33 bits per heavy atom. The van der Waals surface area contributed by atoms with E-state index < -0.39 is 0 Å². The van der Waals surface area contributed by atoms with E-state index in [9.17, 15) is 5.21 Å². The van der Waals surface area contributed by atoms with Gasteiger partial charge in [-0.2, -0.15) is 0 Å². The van der Waals surface area contributed by atoms with Gasteiger partial charge in [0, 0.05) is 12.5 Å². The van der Waals surface area contributed by atoms with Gasteiger partial charge in [-0.15, -0.1) is 0 Å². The third kappa shape index (κ3) is 3.33. The highest BCUT2D eigenvalue weighted by molar-refractivity contribution is 6.00. The fraction of sp³-hybridized carbons (Fsp3) is 0.533. The Morgan fingerprint density at radius 2 is 2.11 bits per heavy atom. The molecule has 0 radical (unpaired) electrons. The largest absolute Gasteiger partial charge is 0.411 e. The fourth-order valence-electron chi connectivity index (χ4n) is 2.48. The summed E-state index contributed by atoms with van der Waals surface area (Å²) in [7, 11) is 0. The van der Waals surface area contributed by atoms with E-state index in [2.05, 4.69) is 41.7 Å². The van der Waals surface area contributed by atoms with Gasteiger partial charge in [0.25, 0.3) is 0 Å². The quantitative estimate of drug-likeness (QED) is 0.487. The van der Waals surface area contributed by atoms with E-state index in [1.165, 1.54) is 24.8 Å². The van der Waals surface area contributed by atoms with Crippen LogP contribution in [0.1, 0.15) is 43.7 Å². The van der Waals surface area contributed by atoms with Crippen LogP contribution < -0.4 is 5.32 Å². The Balaban J connectivity index is 2.03. The Kier molecular flexibility index (Phi) is 4.76. The fourth-order valence-corrected chi connectivity index (χ4v) is 2.48. The average Bonchev–Trinajstić information content (AvgIpc) is 2.46. The second-order valence-electron chi connectivity index (χ2n) is 4.95. The summed E-state index contributed by atoms with van der Waals surface area (Å²) >= 11 is 0. The Bertz CT molecular complexity index is 391. The highest BCUT2D eigenvalue weighted by Crippen LogP contribution is 2.15. The van der Waals surface area contributed by atoms with Crippen LogP contribution >= 0.6 is 0 Å². The van der Waals surface area contributed by atoms with Crippen LogP contribution in [0.2, 0.25) is 0 Å². The number of hydrogen-bond donors (Lipinski definition) is 2. The molecular weight excluding hydrogens is 224 g/mol. The zero-order chi connectivity index (χ0) is 12.8. The molecule has 2 N–H and O–H groups in total.